The number of urea groups is 1. The molecule has 0 unspecified atom stereocenters. The molecular formula is C23H36N4O2. The third-order valence-corrected chi connectivity index (χ3v) is 6.01. The number of piperazine rings is 1. The predicted octanol–water partition coefficient (Wildman–Crippen LogP) is 3.05. The molecule has 1 aliphatic heterocycles. The lowest BCUT2D eigenvalue weighted by Crippen LogP contribution is -2.48. The molecule has 1 saturated carbocycles. The molecule has 6 nitrogen and oxygen atoms in total. The summed E-state index contributed by atoms with van der Waals surface area (Å²) in [7, 11) is 0. The fourth-order valence-corrected chi connectivity index (χ4v) is 4.31. The van der Waals surface area contributed by atoms with E-state index in [4.69, 9.17) is 0 Å². The minimum absolute atomic E-state index is 0.0888. The number of amides is 3. The largest absolute Gasteiger partial charge is 0.340 e. The summed E-state index contributed by atoms with van der Waals surface area (Å²) in [4.78, 5) is 28.8. The Balaban J connectivity index is 1.27. The minimum atomic E-state index is -0.0888. The van der Waals surface area contributed by atoms with E-state index in [-0.39, 0.29) is 11.9 Å². The first-order valence-corrected chi connectivity index (χ1v) is 11.2. The molecule has 0 aromatic heterocycles. The SMILES string of the molecule is Cc1cccc(CN2CCN(C(=O)CCCNC(=O)NC3CCCCC3)CC2)c1. The van der Waals surface area contributed by atoms with E-state index < -0.39 is 0 Å². The average molecular weight is 401 g/mol. The second-order valence-corrected chi connectivity index (χ2v) is 8.48. The first-order chi connectivity index (χ1) is 14.1. The molecule has 6 heteroatoms. The van der Waals surface area contributed by atoms with Gasteiger partial charge in [0.05, 0.1) is 0 Å². The zero-order chi connectivity index (χ0) is 20.5. The van der Waals surface area contributed by atoms with Crippen LogP contribution < -0.4 is 10.6 Å². The maximum Gasteiger partial charge on any atom is 0.315 e. The molecule has 29 heavy (non-hydrogen) atoms. The summed E-state index contributed by atoms with van der Waals surface area (Å²) in [5.41, 5.74) is 2.62. The number of nitrogens with zero attached hydrogens (tertiary/aromatic N) is 2. The highest BCUT2D eigenvalue weighted by Gasteiger charge is 2.21. The van der Waals surface area contributed by atoms with Crippen LogP contribution >= 0.6 is 0 Å². The number of nitrogens with one attached hydrogen (secondary N) is 2. The van der Waals surface area contributed by atoms with Crippen LogP contribution in [0.25, 0.3) is 0 Å². The number of benzene rings is 1. The topological polar surface area (TPSA) is 64.7 Å². The molecule has 1 aromatic rings. The van der Waals surface area contributed by atoms with Gasteiger partial charge >= 0.3 is 6.03 Å². The lowest BCUT2D eigenvalue weighted by Gasteiger charge is -2.35. The molecule has 2 aliphatic rings. The van der Waals surface area contributed by atoms with Crippen molar-refractivity contribution in [3.8, 4) is 0 Å². The second kappa shape index (κ2) is 11.2. The molecule has 0 radical (unpaired) electrons. The van der Waals surface area contributed by atoms with Crippen molar-refractivity contribution in [3.05, 3.63) is 35.4 Å². The standard InChI is InChI=1S/C23H36N4O2/c1-19-7-5-8-20(17-19)18-26-13-15-27(16-14-26)22(28)11-6-12-24-23(29)25-21-9-3-2-4-10-21/h5,7-8,17,21H,2-4,6,9-16,18H2,1H3,(H2,24,25,29). The lowest BCUT2D eigenvalue weighted by molar-refractivity contribution is -0.133. The van der Waals surface area contributed by atoms with E-state index in [1.54, 1.807) is 0 Å². The number of carbonyl (C=O) groups excluding carboxylic acids is 2. The highest BCUT2D eigenvalue weighted by molar-refractivity contribution is 5.76. The van der Waals surface area contributed by atoms with E-state index in [9.17, 15) is 9.59 Å². The molecule has 1 saturated heterocycles. The average Bonchev–Trinajstić information content (AvgIpc) is 2.72. The van der Waals surface area contributed by atoms with Crippen LogP contribution in [0.3, 0.4) is 0 Å². The van der Waals surface area contributed by atoms with Crippen LogP contribution in [0.4, 0.5) is 4.79 Å². The first kappa shape index (κ1) is 21.6. The van der Waals surface area contributed by atoms with Crippen LogP contribution in [-0.2, 0) is 11.3 Å². The quantitative estimate of drug-likeness (QED) is 0.692. The monoisotopic (exact) mass is 400 g/mol. The van der Waals surface area contributed by atoms with Crippen molar-refractivity contribution < 1.29 is 9.59 Å². The third-order valence-electron chi connectivity index (χ3n) is 6.01. The van der Waals surface area contributed by atoms with Crippen LogP contribution in [0.5, 0.6) is 0 Å². The van der Waals surface area contributed by atoms with Crippen molar-refractivity contribution >= 4 is 11.9 Å². The van der Waals surface area contributed by atoms with Crippen LogP contribution in [0.1, 0.15) is 56.1 Å². The molecule has 3 rings (SSSR count). The van der Waals surface area contributed by atoms with E-state index in [1.807, 2.05) is 4.90 Å². The van der Waals surface area contributed by atoms with E-state index in [0.29, 0.717) is 25.4 Å². The summed E-state index contributed by atoms with van der Waals surface area (Å²) in [6, 6.07) is 8.86. The summed E-state index contributed by atoms with van der Waals surface area (Å²) in [5, 5.41) is 5.95. The Bertz CT molecular complexity index is 665. The molecular weight excluding hydrogens is 364 g/mol. The number of rotatable bonds is 7. The number of hydrogen-bond acceptors (Lipinski definition) is 3. The van der Waals surface area contributed by atoms with Crippen LogP contribution in [0.2, 0.25) is 0 Å². The zero-order valence-electron chi connectivity index (χ0n) is 17.8. The van der Waals surface area contributed by atoms with Gasteiger partial charge in [0.1, 0.15) is 0 Å². The highest BCUT2D eigenvalue weighted by atomic mass is 16.2. The summed E-state index contributed by atoms with van der Waals surface area (Å²) in [5.74, 6) is 0.203. The Morgan fingerprint density at radius 2 is 1.83 bits per heavy atom. The van der Waals surface area contributed by atoms with Gasteiger partial charge in [-0.25, -0.2) is 4.79 Å². The predicted molar refractivity (Wildman–Crippen MR) is 116 cm³/mol. The van der Waals surface area contributed by atoms with Gasteiger partial charge < -0.3 is 15.5 Å². The first-order valence-electron chi connectivity index (χ1n) is 11.2. The molecule has 0 spiro atoms. The number of carbonyl (C=O) groups is 2. The number of hydrogen-bond donors (Lipinski definition) is 2. The van der Waals surface area contributed by atoms with Crippen molar-refractivity contribution in [3.63, 3.8) is 0 Å². The molecule has 1 heterocycles. The molecule has 3 amide bonds. The third kappa shape index (κ3) is 7.35. The van der Waals surface area contributed by atoms with Gasteiger partial charge in [-0.05, 0) is 31.7 Å². The van der Waals surface area contributed by atoms with Crippen LogP contribution in [0, 0.1) is 6.92 Å². The summed E-state index contributed by atoms with van der Waals surface area (Å²) < 4.78 is 0. The molecule has 160 valence electrons. The Hall–Kier alpha value is -2.08. The van der Waals surface area contributed by atoms with Crippen molar-refractivity contribution in [1.82, 2.24) is 20.4 Å². The molecule has 2 N–H and O–H groups in total. The van der Waals surface area contributed by atoms with Gasteiger partial charge in [-0.1, -0.05) is 49.1 Å². The molecule has 2 fully saturated rings. The smallest absolute Gasteiger partial charge is 0.315 e. The second-order valence-electron chi connectivity index (χ2n) is 8.48. The van der Waals surface area contributed by atoms with Gasteiger partial charge in [0.2, 0.25) is 5.91 Å². The number of aryl methyl sites for hydroxylation is 1. The normalized spacial score (nSPS) is 18.4. The highest BCUT2D eigenvalue weighted by Crippen LogP contribution is 2.17. The van der Waals surface area contributed by atoms with Crippen molar-refractivity contribution in [1.29, 1.82) is 0 Å². The van der Waals surface area contributed by atoms with Gasteiger partial charge in [-0.3, -0.25) is 9.69 Å². The fourth-order valence-electron chi connectivity index (χ4n) is 4.31. The Morgan fingerprint density at radius 3 is 2.55 bits per heavy atom. The summed E-state index contributed by atoms with van der Waals surface area (Å²) >= 11 is 0. The van der Waals surface area contributed by atoms with Crippen LogP contribution in [0.15, 0.2) is 24.3 Å². The zero-order valence-corrected chi connectivity index (χ0v) is 17.8. The molecule has 1 aromatic carbocycles. The van der Waals surface area contributed by atoms with E-state index in [0.717, 1.165) is 45.6 Å². The van der Waals surface area contributed by atoms with Crippen molar-refractivity contribution in [2.45, 2.75) is 64.5 Å². The van der Waals surface area contributed by atoms with E-state index in [2.05, 4.69) is 46.7 Å². The Morgan fingerprint density at radius 1 is 1.07 bits per heavy atom. The molecule has 0 bridgehead atoms. The van der Waals surface area contributed by atoms with Crippen molar-refractivity contribution in [2.24, 2.45) is 0 Å². The van der Waals surface area contributed by atoms with Gasteiger partial charge in [0.15, 0.2) is 0 Å². The minimum Gasteiger partial charge on any atom is -0.340 e. The summed E-state index contributed by atoms with van der Waals surface area (Å²) in [6.07, 6.45) is 7.06. The summed E-state index contributed by atoms with van der Waals surface area (Å²) in [6.45, 7) is 7.04. The lowest BCUT2D eigenvalue weighted by atomic mass is 9.96. The van der Waals surface area contributed by atoms with Gasteiger partial charge in [-0.15, -0.1) is 0 Å². The van der Waals surface area contributed by atoms with Gasteiger partial charge in [0, 0.05) is 51.7 Å². The van der Waals surface area contributed by atoms with Gasteiger partial charge in [-0.2, -0.15) is 0 Å². The van der Waals surface area contributed by atoms with Crippen LogP contribution in [-0.4, -0.2) is 60.5 Å². The maximum atomic E-state index is 12.4. The molecule has 0 atom stereocenters. The van der Waals surface area contributed by atoms with E-state index >= 15 is 0 Å². The Labute approximate surface area is 175 Å². The van der Waals surface area contributed by atoms with Crippen molar-refractivity contribution in [2.75, 3.05) is 32.7 Å². The van der Waals surface area contributed by atoms with Gasteiger partial charge in [0.25, 0.3) is 0 Å². The maximum absolute atomic E-state index is 12.4. The Kier molecular flexibility index (Phi) is 8.35. The fraction of sp³-hybridized carbons (Fsp3) is 0.652. The molecule has 1 aliphatic carbocycles. The van der Waals surface area contributed by atoms with E-state index in [1.165, 1.54) is 30.4 Å².